The number of nitrogen functional groups attached to an aromatic ring is 1. The van der Waals surface area contributed by atoms with E-state index in [0.717, 1.165) is 6.07 Å². The number of nitrogens with one attached hydrogen (secondary N) is 1. The summed E-state index contributed by atoms with van der Waals surface area (Å²) < 4.78 is 13.0. The summed E-state index contributed by atoms with van der Waals surface area (Å²) in [4.78, 5) is 11.7. The van der Waals surface area contributed by atoms with E-state index in [2.05, 4.69) is 5.32 Å². The van der Waals surface area contributed by atoms with Gasteiger partial charge < -0.3 is 11.1 Å². The largest absolute Gasteiger partial charge is 0.398 e. The molecule has 5 heteroatoms. The Kier molecular flexibility index (Phi) is 2.87. The van der Waals surface area contributed by atoms with Gasteiger partial charge in [-0.3, -0.25) is 4.79 Å². The van der Waals surface area contributed by atoms with Crippen molar-refractivity contribution in [2.24, 2.45) is 0 Å². The number of rotatable bonds is 2. The second-order valence-electron chi connectivity index (χ2n) is 3.20. The number of hydrogen-bond acceptors (Lipinski definition) is 3. The van der Waals surface area contributed by atoms with Gasteiger partial charge in [0.2, 0.25) is 0 Å². The standard InChI is InChI=1S/C11H9FN2OS/c12-7-1-2-10(13)9(5-7)11(15)14-8-3-4-16-6-8/h1-6H,13H2,(H,14,15). The third-order valence-electron chi connectivity index (χ3n) is 2.04. The molecule has 3 N–H and O–H groups in total. The van der Waals surface area contributed by atoms with Crippen LogP contribution >= 0.6 is 11.3 Å². The molecule has 0 saturated heterocycles. The van der Waals surface area contributed by atoms with E-state index in [1.165, 1.54) is 23.5 Å². The summed E-state index contributed by atoms with van der Waals surface area (Å²) in [6, 6.07) is 5.48. The van der Waals surface area contributed by atoms with Gasteiger partial charge in [0.05, 0.1) is 11.3 Å². The van der Waals surface area contributed by atoms with E-state index < -0.39 is 11.7 Å². The normalized spacial score (nSPS) is 10.1. The fourth-order valence-corrected chi connectivity index (χ4v) is 1.85. The minimum absolute atomic E-state index is 0.145. The molecule has 3 nitrogen and oxygen atoms in total. The zero-order valence-corrected chi connectivity index (χ0v) is 9.05. The van der Waals surface area contributed by atoms with Gasteiger partial charge in [-0.2, -0.15) is 11.3 Å². The maximum absolute atomic E-state index is 13.0. The first-order chi connectivity index (χ1) is 7.66. The molecule has 1 aromatic carbocycles. The Hall–Kier alpha value is -1.88. The molecule has 1 amide bonds. The quantitative estimate of drug-likeness (QED) is 0.788. The molecule has 1 heterocycles. The smallest absolute Gasteiger partial charge is 0.257 e. The number of hydrogen-bond donors (Lipinski definition) is 2. The molecule has 2 aromatic rings. The lowest BCUT2D eigenvalue weighted by atomic mass is 10.1. The van der Waals surface area contributed by atoms with Gasteiger partial charge in [-0.15, -0.1) is 0 Å². The number of amides is 1. The van der Waals surface area contributed by atoms with Crippen LogP contribution in [0.1, 0.15) is 10.4 Å². The average molecular weight is 236 g/mol. The van der Waals surface area contributed by atoms with Crippen LogP contribution in [0.2, 0.25) is 0 Å². The molecule has 0 saturated carbocycles. The van der Waals surface area contributed by atoms with Crippen molar-refractivity contribution in [3.63, 3.8) is 0 Å². The maximum atomic E-state index is 13.0. The van der Waals surface area contributed by atoms with Crippen molar-refractivity contribution in [1.82, 2.24) is 0 Å². The topological polar surface area (TPSA) is 55.1 Å². The summed E-state index contributed by atoms with van der Waals surface area (Å²) in [5.74, 6) is -0.889. The molecule has 0 spiro atoms. The molecule has 0 aliphatic carbocycles. The molecule has 2 rings (SSSR count). The Balaban J connectivity index is 2.24. The summed E-state index contributed by atoms with van der Waals surface area (Å²) in [6.07, 6.45) is 0. The lowest BCUT2D eigenvalue weighted by Gasteiger charge is -2.05. The van der Waals surface area contributed by atoms with Gasteiger partial charge in [0.1, 0.15) is 5.82 Å². The zero-order chi connectivity index (χ0) is 11.5. The molecule has 1 aromatic heterocycles. The van der Waals surface area contributed by atoms with E-state index in [-0.39, 0.29) is 11.3 Å². The van der Waals surface area contributed by atoms with Crippen molar-refractivity contribution in [2.45, 2.75) is 0 Å². The summed E-state index contributed by atoms with van der Waals surface area (Å²) in [5.41, 5.74) is 6.68. The van der Waals surface area contributed by atoms with Crippen molar-refractivity contribution in [2.75, 3.05) is 11.1 Å². The Morgan fingerprint density at radius 2 is 2.19 bits per heavy atom. The van der Waals surface area contributed by atoms with Gasteiger partial charge in [-0.1, -0.05) is 0 Å². The lowest BCUT2D eigenvalue weighted by molar-refractivity contribution is 0.102. The first kappa shape index (κ1) is 10.6. The van der Waals surface area contributed by atoms with Gasteiger partial charge in [0.15, 0.2) is 0 Å². The molecule has 0 aliphatic heterocycles. The molecule has 0 bridgehead atoms. The highest BCUT2D eigenvalue weighted by molar-refractivity contribution is 7.08. The number of carbonyl (C=O) groups is 1. The SMILES string of the molecule is Nc1ccc(F)cc1C(=O)Nc1ccsc1. The van der Waals surface area contributed by atoms with Gasteiger partial charge >= 0.3 is 0 Å². The van der Waals surface area contributed by atoms with Crippen LogP contribution in [0.4, 0.5) is 15.8 Å². The molecule has 0 aliphatic rings. The van der Waals surface area contributed by atoms with Crippen molar-refractivity contribution in [3.8, 4) is 0 Å². The van der Waals surface area contributed by atoms with Crippen LogP contribution in [0.15, 0.2) is 35.0 Å². The fourth-order valence-electron chi connectivity index (χ4n) is 1.26. The minimum Gasteiger partial charge on any atom is -0.398 e. The summed E-state index contributed by atoms with van der Waals surface area (Å²) in [7, 11) is 0. The highest BCUT2D eigenvalue weighted by atomic mass is 32.1. The Morgan fingerprint density at radius 1 is 1.38 bits per heavy atom. The average Bonchev–Trinajstić information content (AvgIpc) is 2.74. The molecule has 0 radical (unpaired) electrons. The Morgan fingerprint density at radius 3 is 2.88 bits per heavy atom. The minimum atomic E-state index is -0.482. The van der Waals surface area contributed by atoms with Gasteiger partial charge in [-0.05, 0) is 29.6 Å². The first-order valence-corrected chi connectivity index (χ1v) is 5.49. The Bertz CT molecular complexity index is 511. The third-order valence-corrected chi connectivity index (χ3v) is 2.72. The predicted octanol–water partition coefficient (Wildman–Crippen LogP) is 2.72. The number of carbonyl (C=O) groups excluding carboxylic acids is 1. The van der Waals surface area contributed by atoms with E-state index in [0.29, 0.717) is 5.69 Å². The molecule has 0 unspecified atom stereocenters. The predicted molar refractivity (Wildman–Crippen MR) is 63.1 cm³/mol. The lowest BCUT2D eigenvalue weighted by Crippen LogP contribution is -2.13. The number of benzene rings is 1. The van der Waals surface area contributed by atoms with Crippen LogP contribution in [-0.4, -0.2) is 5.91 Å². The molecule has 0 fully saturated rings. The second-order valence-corrected chi connectivity index (χ2v) is 3.98. The van der Waals surface area contributed by atoms with E-state index >= 15 is 0 Å². The molecular formula is C11H9FN2OS. The van der Waals surface area contributed by atoms with E-state index in [1.54, 1.807) is 11.4 Å². The van der Waals surface area contributed by atoms with Gasteiger partial charge in [-0.25, -0.2) is 4.39 Å². The highest BCUT2D eigenvalue weighted by Gasteiger charge is 2.11. The molecule has 16 heavy (non-hydrogen) atoms. The van der Waals surface area contributed by atoms with Crippen LogP contribution < -0.4 is 11.1 Å². The number of thiophene rings is 1. The first-order valence-electron chi connectivity index (χ1n) is 4.55. The monoisotopic (exact) mass is 236 g/mol. The molecule has 0 atom stereocenters. The molecular weight excluding hydrogens is 227 g/mol. The van der Waals surface area contributed by atoms with Crippen molar-refractivity contribution in [3.05, 3.63) is 46.4 Å². The number of anilines is 2. The third kappa shape index (κ3) is 2.20. The van der Waals surface area contributed by atoms with Crippen LogP contribution in [0.5, 0.6) is 0 Å². The summed E-state index contributed by atoms with van der Waals surface area (Å²) >= 11 is 1.46. The summed E-state index contributed by atoms with van der Waals surface area (Å²) in [5, 5.41) is 6.25. The van der Waals surface area contributed by atoms with Crippen molar-refractivity contribution in [1.29, 1.82) is 0 Å². The van der Waals surface area contributed by atoms with Crippen molar-refractivity contribution >= 4 is 28.6 Å². The van der Waals surface area contributed by atoms with Crippen LogP contribution in [-0.2, 0) is 0 Å². The summed E-state index contributed by atoms with van der Waals surface area (Å²) in [6.45, 7) is 0. The van der Waals surface area contributed by atoms with Gasteiger partial charge in [0.25, 0.3) is 5.91 Å². The highest BCUT2D eigenvalue weighted by Crippen LogP contribution is 2.17. The van der Waals surface area contributed by atoms with Crippen LogP contribution in [0.3, 0.4) is 0 Å². The van der Waals surface area contributed by atoms with Crippen LogP contribution in [0.25, 0.3) is 0 Å². The fraction of sp³-hybridized carbons (Fsp3) is 0. The van der Waals surface area contributed by atoms with E-state index in [9.17, 15) is 9.18 Å². The molecule has 82 valence electrons. The van der Waals surface area contributed by atoms with E-state index in [4.69, 9.17) is 5.73 Å². The van der Waals surface area contributed by atoms with Gasteiger partial charge in [0, 0.05) is 11.1 Å². The maximum Gasteiger partial charge on any atom is 0.257 e. The number of nitrogens with two attached hydrogens (primary N) is 1. The van der Waals surface area contributed by atoms with E-state index in [1.807, 2.05) is 5.38 Å². The number of halogens is 1. The zero-order valence-electron chi connectivity index (χ0n) is 8.24. The second kappa shape index (κ2) is 4.32. The van der Waals surface area contributed by atoms with Crippen LogP contribution in [0, 0.1) is 5.82 Å². The van der Waals surface area contributed by atoms with Crippen molar-refractivity contribution < 1.29 is 9.18 Å². The Labute approximate surface area is 95.7 Å².